The van der Waals surface area contributed by atoms with Crippen molar-refractivity contribution in [2.45, 2.75) is 13.0 Å². The Bertz CT molecular complexity index is 416. The van der Waals surface area contributed by atoms with Gasteiger partial charge in [-0.2, -0.15) is 5.10 Å². The monoisotopic (exact) mass is 203 g/mol. The van der Waals surface area contributed by atoms with Crippen LogP contribution in [0.1, 0.15) is 12.0 Å². The van der Waals surface area contributed by atoms with Crippen molar-refractivity contribution in [3.05, 3.63) is 18.0 Å². The SMILES string of the molecule is C#CC1CC(=O)N(Cc2cnn(C)c2)C1. The number of carbonyl (C=O) groups excluding carboxylic acids is 1. The van der Waals surface area contributed by atoms with E-state index in [0.29, 0.717) is 19.5 Å². The summed E-state index contributed by atoms with van der Waals surface area (Å²) < 4.78 is 1.73. The van der Waals surface area contributed by atoms with Gasteiger partial charge in [-0.05, 0) is 0 Å². The van der Waals surface area contributed by atoms with E-state index in [9.17, 15) is 4.79 Å². The minimum atomic E-state index is 0.0779. The third-order valence-electron chi connectivity index (χ3n) is 2.58. The Balaban J connectivity index is 2.02. The van der Waals surface area contributed by atoms with Gasteiger partial charge in [0.05, 0.1) is 6.20 Å². The lowest BCUT2D eigenvalue weighted by Gasteiger charge is -2.13. The van der Waals surface area contributed by atoms with Gasteiger partial charge in [0.1, 0.15) is 0 Å². The fraction of sp³-hybridized carbons (Fsp3) is 0.455. The molecule has 0 bridgehead atoms. The average molecular weight is 203 g/mol. The molecule has 1 aliphatic rings. The van der Waals surface area contributed by atoms with Crippen molar-refractivity contribution in [1.29, 1.82) is 0 Å². The number of nitrogens with zero attached hydrogens (tertiary/aromatic N) is 3. The van der Waals surface area contributed by atoms with Gasteiger partial charge < -0.3 is 4.90 Å². The second-order valence-corrected chi connectivity index (χ2v) is 3.86. The molecule has 2 heterocycles. The summed E-state index contributed by atoms with van der Waals surface area (Å²) in [6, 6.07) is 0. The van der Waals surface area contributed by atoms with E-state index in [1.165, 1.54) is 0 Å². The van der Waals surface area contributed by atoms with Crippen LogP contribution in [0, 0.1) is 18.3 Å². The predicted molar refractivity (Wildman–Crippen MR) is 55.6 cm³/mol. The van der Waals surface area contributed by atoms with Gasteiger partial charge in [-0.1, -0.05) is 0 Å². The lowest BCUT2D eigenvalue weighted by Crippen LogP contribution is -2.24. The summed E-state index contributed by atoms with van der Waals surface area (Å²) >= 11 is 0. The number of likely N-dealkylation sites (tertiary alicyclic amines) is 1. The van der Waals surface area contributed by atoms with Crippen LogP contribution < -0.4 is 0 Å². The van der Waals surface area contributed by atoms with E-state index in [0.717, 1.165) is 5.56 Å². The summed E-state index contributed by atoms with van der Waals surface area (Å²) in [5.74, 6) is 2.85. The number of rotatable bonds is 2. The van der Waals surface area contributed by atoms with Gasteiger partial charge >= 0.3 is 0 Å². The highest BCUT2D eigenvalue weighted by Gasteiger charge is 2.28. The minimum Gasteiger partial charge on any atom is -0.337 e. The van der Waals surface area contributed by atoms with Gasteiger partial charge in [-0.3, -0.25) is 9.48 Å². The number of amides is 1. The van der Waals surface area contributed by atoms with Gasteiger partial charge in [-0.15, -0.1) is 12.3 Å². The van der Waals surface area contributed by atoms with Crippen molar-refractivity contribution in [3.8, 4) is 12.3 Å². The number of aromatic nitrogens is 2. The standard InChI is InChI=1S/C11H13N3O/c1-3-9-4-11(15)14(7-9)8-10-5-12-13(2)6-10/h1,5-6,9H,4,7-8H2,2H3. The molecule has 1 atom stereocenters. The van der Waals surface area contributed by atoms with Crippen molar-refractivity contribution >= 4 is 5.91 Å². The van der Waals surface area contributed by atoms with E-state index >= 15 is 0 Å². The summed E-state index contributed by atoms with van der Waals surface area (Å²) in [7, 11) is 1.86. The molecule has 0 radical (unpaired) electrons. The Labute approximate surface area is 88.9 Å². The quantitative estimate of drug-likeness (QED) is 0.653. The van der Waals surface area contributed by atoms with Crippen molar-refractivity contribution in [2.24, 2.45) is 13.0 Å². The molecule has 1 saturated heterocycles. The zero-order valence-electron chi connectivity index (χ0n) is 8.68. The molecule has 0 saturated carbocycles. The molecule has 1 amide bonds. The highest BCUT2D eigenvalue weighted by Crippen LogP contribution is 2.18. The second kappa shape index (κ2) is 3.77. The zero-order valence-corrected chi connectivity index (χ0v) is 8.68. The van der Waals surface area contributed by atoms with E-state index in [-0.39, 0.29) is 11.8 Å². The molecule has 1 fully saturated rings. The molecular formula is C11H13N3O. The van der Waals surface area contributed by atoms with Crippen LogP contribution >= 0.6 is 0 Å². The molecule has 1 aromatic heterocycles. The Kier molecular flexibility index (Phi) is 2.46. The molecule has 0 spiro atoms. The third kappa shape index (κ3) is 2.01. The molecule has 4 nitrogen and oxygen atoms in total. The van der Waals surface area contributed by atoms with E-state index in [1.54, 1.807) is 15.8 Å². The molecule has 1 aliphatic heterocycles. The number of hydrogen-bond donors (Lipinski definition) is 0. The number of hydrogen-bond acceptors (Lipinski definition) is 2. The Morgan fingerprint density at radius 2 is 2.53 bits per heavy atom. The normalized spacial score (nSPS) is 20.7. The van der Waals surface area contributed by atoms with Gasteiger partial charge in [0.25, 0.3) is 0 Å². The molecule has 15 heavy (non-hydrogen) atoms. The minimum absolute atomic E-state index is 0.0779. The molecule has 4 heteroatoms. The van der Waals surface area contributed by atoms with Crippen LogP contribution in [0.15, 0.2) is 12.4 Å². The number of aryl methyl sites for hydroxylation is 1. The average Bonchev–Trinajstić information content (AvgIpc) is 2.75. The molecule has 0 aromatic carbocycles. The topological polar surface area (TPSA) is 38.1 Å². The van der Waals surface area contributed by atoms with Gasteiger partial charge in [-0.25, -0.2) is 0 Å². The first-order chi connectivity index (χ1) is 7.19. The summed E-state index contributed by atoms with van der Waals surface area (Å²) in [5.41, 5.74) is 1.04. The summed E-state index contributed by atoms with van der Waals surface area (Å²) in [6.07, 6.45) is 9.48. The Hall–Kier alpha value is -1.76. The van der Waals surface area contributed by atoms with Crippen LogP contribution in [0.5, 0.6) is 0 Å². The fourth-order valence-corrected chi connectivity index (χ4v) is 1.81. The predicted octanol–water partition coefficient (Wildman–Crippen LogP) is 0.402. The lowest BCUT2D eigenvalue weighted by atomic mass is 10.1. The van der Waals surface area contributed by atoms with E-state index in [1.807, 2.05) is 13.2 Å². The first-order valence-electron chi connectivity index (χ1n) is 4.90. The highest BCUT2D eigenvalue weighted by molar-refractivity contribution is 5.79. The maximum atomic E-state index is 11.6. The maximum Gasteiger partial charge on any atom is 0.224 e. The van der Waals surface area contributed by atoms with Crippen LogP contribution in [-0.4, -0.2) is 27.1 Å². The summed E-state index contributed by atoms with van der Waals surface area (Å²) in [4.78, 5) is 13.4. The van der Waals surface area contributed by atoms with Crippen molar-refractivity contribution in [2.75, 3.05) is 6.54 Å². The van der Waals surface area contributed by atoms with E-state index in [4.69, 9.17) is 6.42 Å². The van der Waals surface area contributed by atoms with Crippen LogP contribution in [-0.2, 0) is 18.4 Å². The van der Waals surface area contributed by atoms with Crippen LogP contribution in [0.25, 0.3) is 0 Å². The first kappa shape index (κ1) is 9.78. The van der Waals surface area contributed by atoms with E-state index in [2.05, 4.69) is 11.0 Å². The summed E-state index contributed by atoms with van der Waals surface area (Å²) in [5, 5.41) is 4.06. The largest absolute Gasteiger partial charge is 0.337 e. The van der Waals surface area contributed by atoms with E-state index < -0.39 is 0 Å². The summed E-state index contributed by atoms with van der Waals surface area (Å²) in [6.45, 7) is 1.29. The van der Waals surface area contributed by atoms with Gasteiger partial charge in [0, 0.05) is 44.2 Å². The smallest absolute Gasteiger partial charge is 0.224 e. The van der Waals surface area contributed by atoms with Crippen LogP contribution in [0.2, 0.25) is 0 Å². The number of carbonyl (C=O) groups is 1. The first-order valence-corrected chi connectivity index (χ1v) is 4.90. The second-order valence-electron chi connectivity index (χ2n) is 3.86. The van der Waals surface area contributed by atoms with Crippen molar-refractivity contribution in [3.63, 3.8) is 0 Å². The molecular weight excluding hydrogens is 190 g/mol. The molecule has 0 aliphatic carbocycles. The van der Waals surface area contributed by atoms with Gasteiger partial charge in [0.2, 0.25) is 5.91 Å². The molecule has 1 aromatic rings. The third-order valence-corrected chi connectivity index (χ3v) is 2.58. The van der Waals surface area contributed by atoms with Crippen LogP contribution in [0.3, 0.4) is 0 Å². The maximum absolute atomic E-state index is 11.6. The van der Waals surface area contributed by atoms with Gasteiger partial charge in [0.15, 0.2) is 0 Å². The Morgan fingerprint density at radius 1 is 1.73 bits per heavy atom. The number of terminal acetylenes is 1. The van der Waals surface area contributed by atoms with Crippen molar-refractivity contribution < 1.29 is 4.79 Å². The fourth-order valence-electron chi connectivity index (χ4n) is 1.81. The zero-order chi connectivity index (χ0) is 10.8. The Morgan fingerprint density at radius 3 is 3.07 bits per heavy atom. The highest BCUT2D eigenvalue weighted by atomic mass is 16.2. The van der Waals surface area contributed by atoms with Crippen LogP contribution in [0.4, 0.5) is 0 Å². The molecule has 1 unspecified atom stereocenters. The lowest BCUT2D eigenvalue weighted by molar-refractivity contribution is -0.128. The van der Waals surface area contributed by atoms with Crippen molar-refractivity contribution in [1.82, 2.24) is 14.7 Å². The molecule has 0 N–H and O–H groups in total. The molecule has 2 rings (SSSR count). The molecule has 78 valence electrons.